The molecular formula is C40H40N2O6S. The van der Waals surface area contributed by atoms with E-state index in [0.29, 0.717) is 30.2 Å². The number of hydrogen-bond acceptors (Lipinski definition) is 7. The summed E-state index contributed by atoms with van der Waals surface area (Å²) in [5.74, 6) is 2.84. The molecule has 0 aliphatic carbocycles. The number of thioether (sulfide) groups is 1. The van der Waals surface area contributed by atoms with Gasteiger partial charge in [0.15, 0.2) is 6.29 Å². The second-order valence-corrected chi connectivity index (χ2v) is 12.8. The third-order valence-corrected chi connectivity index (χ3v) is 9.27. The van der Waals surface area contributed by atoms with Crippen molar-refractivity contribution < 1.29 is 29.2 Å². The zero-order valence-electron chi connectivity index (χ0n) is 27.0. The lowest BCUT2D eigenvalue weighted by Crippen LogP contribution is -2.31. The van der Waals surface area contributed by atoms with Crippen molar-refractivity contribution in [2.45, 2.75) is 38.1 Å². The van der Waals surface area contributed by atoms with E-state index in [1.165, 1.54) is 0 Å². The van der Waals surface area contributed by atoms with Crippen LogP contribution in [0.25, 0.3) is 11.1 Å². The van der Waals surface area contributed by atoms with Crippen LogP contribution >= 0.6 is 11.8 Å². The molecule has 0 saturated carbocycles. The van der Waals surface area contributed by atoms with Gasteiger partial charge in [-0.2, -0.15) is 11.8 Å². The standard InChI is InChI=1S/C40H40N2O6S/c43-22-23-49-27-36-24-38(30-12-10-28(26-44)11-13-30)48-39(47-36)31-16-14-29(15-17-31)37-9-5-4-6-32(37)25-41-40(45)42-33-18-20-35(21-19-33)46-34-7-2-1-3-8-34/h1-21,36,38-39,43-44H,22-27H2,(H2,41,42,45)/t36-,38+,39+/m0/s1. The highest BCUT2D eigenvalue weighted by Crippen LogP contribution is 2.39. The summed E-state index contributed by atoms with van der Waals surface area (Å²) in [5, 5.41) is 24.6. The van der Waals surface area contributed by atoms with E-state index in [1.807, 2.05) is 103 Å². The van der Waals surface area contributed by atoms with Crippen LogP contribution in [0.4, 0.5) is 10.5 Å². The molecule has 4 N–H and O–H groups in total. The second-order valence-electron chi connectivity index (χ2n) is 11.7. The van der Waals surface area contributed by atoms with Gasteiger partial charge in [0.1, 0.15) is 11.5 Å². The Bertz CT molecular complexity index is 1770. The van der Waals surface area contributed by atoms with Crippen LogP contribution in [0.5, 0.6) is 11.5 Å². The molecule has 6 rings (SSSR count). The Balaban J connectivity index is 1.09. The van der Waals surface area contributed by atoms with Crippen molar-refractivity contribution in [2.75, 3.05) is 23.4 Å². The van der Waals surface area contributed by atoms with Gasteiger partial charge in [0, 0.05) is 35.7 Å². The van der Waals surface area contributed by atoms with Gasteiger partial charge in [0.25, 0.3) is 0 Å². The zero-order chi connectivity index (χ0) is 33.8. The van der Waals surface area contributed by atoms with Crippen LogP contribution in [0.15, 0.2) is 127 Å². The maximum atomic E-state index is 12.8. The lowest BCUT2D eigenvalue weighted by molar-refractivity contribution is -0.245. The van der Waals surface area contributed by atoms with Gasteiger partial charge in [-0.3, -0.25) is 0 Å². The first-order chi connectivity index (χ1) is 24.1. The first kappa shape index (κ1) is 34.2. The molecule has 8 nitrogen and oxygen atoms in total. The van der Waals surface area contributed by atoms with E-state index >= 15 is 0 Å². The van der Waals surface area contributed by atoms with Gasteiger partial charge >= 0.3 is 6.03 Å². The molecule has 5 aromatic rings. The van der Waals surface area contributed by atoms with Gasteiger partial charge in [-0.05, 0) is 64.2 Å². The number of amides is 2. The van der Waals surface area contributed by atoms with E-state index in [2.05, 4.69) is 22.8 Å². The molecule has 49 heavy (non-hydrogen) atoms. The third kappa shape index (κ3) is 9.50. The maximum absolute atomic E-state index is 12.8. The van der Waals surface area contributed by atoms with Crippen molar-refractivity contribution >= 4 is 23.5 Å². The largest absolute Gasteiger partial charge is 0.457 e. The molecule has 0 radical (unpaired) electrons. The maximum Gasteiger partial charge on any atom is 0.319 e. The van der Waals surface area contributed by atoms with Gasteiger partial charge < -0.3 is 35.1 Å². The number of urea groups is 1. The van der Waals surface area contributed by atoms with Crippen LogP contribution in [-0.2, 0) is 22.6 Å². The minimum Gasteiger partial charge on any atom is -0.457 e. The minimum absolute atomic E-state index is 0.00279. The molecule has 1 fully saturated rings. The lowest BCUT2D eigenvalue weighted by Gasteiger charge is -2.36. The smallest absolute Gasteiger partial charge is 0.319 e. The topological polar surface area (TPSA) is 109 Å². The monoisotopic (exact) mass is 676 g/mol. The van der Waals surface area contributed by atoms with E-state index in [4.69, 9.17) is 14.2 Å². The first-order valence-corrected chi connectivity index (χ1v) is 17.5. The van der Waals surface area contributed by atoms with Crippen LogP contribution in [0.1, 0.15) is 41.1 Å². The van der Waals surface area contributed by atoms with Crippen LogP contribution in [0, 0.1) is 0 Å². The van der Waals surface area contributed by atoms with Gasteiger partial charge in [-0.1, -0.05) is 91.0 Å². The molecule has 0 aromatic heterocycles. The zero-order valence-corrected chi connectivity index (χ0v) is 27.9. The van der Waals surface area contributed by atoms with E-state index in [9.17, 15) is 15.0 Å². The quantitative estimate of drug-likeness (QED) is 0.0931. The fourth-order valence-electron chi connectivity index (χ4n) is 5.66. The Morgan fingerprint density at radius 3 is 2.20 bits per heavy atom. The fraction of sp³-hybridized carbons (Fsp3) is 0.225. The summed E-state index contributed by atoms with van der Waals surface area (Å²) in [5.41, 5.74) is 6.47. The van der Waals surface area contributed by atoms with Crippen molar-refractivity contribution in [3.05, 3.63) is 150 Å². The molecule has 3 atom stereocenters. The van der Waals surface area contributed by atoms with Gasteiger partial charge in [-0.25, -0.2) is 4.79 Å². The Morgan fingerprint density at radius 1 is 0.776 bits per heavy atom. The number of aliphatic hydroxyl groups is 2. The number of para-hydroxylation sites is 1. The highest BCUT2D eigenvalue weighted by molar-refractivity contribution is 7.99. The summed E-state index contributed by atoms with van der Waals surface area (Å²) in [6.45, 7) is 0.473. The van der Waals surface area contributed by atoms with Crippen LogP contribution < -0.4 is 15.4 Å². The average Bonchev–Trinajstić information content (AvgIpc) is 3.15. The van der Waals surface area contributed by atoms with Gasteiger partial charge in [0.2, 0.25) is 0 Å². The summed E-state index contributed by atoms with van der Waals surface area (Å²) in [7, 11) is 0. The van der Waals surface area contributed by atoms with Crippen molar-refractivity contribution in [1.29, 1.82) is 0 Å². The van der Waals surface area contributed by atoms with E-state index in [1.54, 1.807) is 23.9 Å². The molecule has 252 valence electrons. The Morgan fingerprint density at radius 2 is 1.47 bits per heavy atom. The molecule has 0 spiro atoms. The second kappa shape index (κ2) is 17.1. The molecule has 1 aliphatic rings. The van der Waals surface area contributed by atoms with E-state index < -0.39 is 6.29 Å². The molecule has 2 amide bonds. The highest BCUT2D eigenvalue weighted by atomic mass is 32.2. The van der Waals surface area contributed by atoms with E-state index in [-0.39, 0.29) is 31.5 Å². The summed E-state index contributed by atoms with van der Waals surface area (Å²) in [6.07, 6.45) is -0.0574. The number of benzene rings is 5. The van der Waals surface area contributed by atoms with E-state index in [0.717, 1.165) is 44.9 Å². The molecule has 5 aromatic carbocycles. The number of ether oxygens (including phenoxy) is 3. The summed E-state index contributed by atoms with van der Waals surface area (Å²) >= 11 is 1.67. The Kier molecular flexibility index (Phi) is 12.0. The molecule has 9 heteroatoms. The van der Waals surface area contributed by atoms with Crippen molar-refractivity contribution in [1.82, 2.24) is 5.32 Å². The number of aliphatic hydroxyl groups excluding tert-OH is 2. The van der Waals surface area contributed by atoms with Gasteiger partial charge in [0.05, 0.1) is 25.4 Å². The van der Waals surface area contributed by atoms with Crippen LogP contribution in [0.2, 0.25) is 0 Å². The first-order valence-electron chi connectivity index (χ1n) is 16.3. The SMILES string of the molecule is O=C(NCc1ccccc1-c1ccc([C@@H]2O[C@H](CSCCO)C[C@H](c3ccc(CO)cc3)O2)cc1)Nc1ccc(Oc2ccccc2)cc1. The lowest BCUT2D eigenvalue weighted by atomic mass is 9.98. The Labute approximate surface area is 291 Å². The minimum atomic E-state index is -0.551. The normalized spacial score (nSPS) is 17.3. The molecule has 0 unspecified atom stereocenters. The number of rotatable bonds is 13. The van der Waals surface area contributed by atoms with Crippen LogP contribution in [-0.4, -0.2) is 40.5 Å². The molecule has 0 bridgehead atoms. The van der Waals surface area contributed by atoms with Crippen LogP contribution in [0.3, 0.4) is 0 Å². The Hall–Kier alpha value is -4.64. The number of hydrogen-bond donors (Lipinski definition) is 4. The summed E-state index contributed by atoms with van der Waals surface area (Å²) in [6, 6.07) is 40.5. The number of nitrogens with one attached hydrogen (secondary N) is 2. The molecule has 1 saturated heterocycles. The predicted molar refractivity (Wildman–Crippen MR) is 194 cm³/mol. The number of carbonyl (C=O) groups is 1. The van der Waals surface area contributed by atoms with Crippen molar-refractivity contribution in [3.8, 4) is 22.6 Å². The van der Waals surface area contributed by atoms with Crippen molar-refractivity contribution in [2.24, 2.45) is 0 Å². The fourth-order valence-corrected chi connectivity index (χ4v) is 6.43. The third-order valence-electron chi connectivity index (χ3n) is 8.20. The molecule has 1 heterocycles. The summed E-state index contributed by atoms with van der Waals surface area (Å²) < 4.78 is 18.7. The number of carbonyl (C=O) groups excluding carboxylic acids is 1. The van der Waals surface area contributed by atoms with Crippen molar-refractivity contribution in [3.63, 3.8) is 0 Å². The molecule has 1 aliphatic heterocycles. The highest BCUT2D eigenvalue weighted by Gasteiger charge is 2.32. The number of anilines is 1. The van der Waals surface area contributed by atoms with Gasteiger partial charge in [-0.15, -0.1) is 0 Å². The summed E-state index contributed by atoms with van der Waals surface area (Å²) in [4.78, 5) is 12.8. The molecular weight excluding hydrogens is 637 g/mol. The average molecular weight is 677 g/mol. The predicted octanol–water partition coefficient (Wildman–Crippen LogP) is 8.23.